The van der Waals surface area contributed by atoms with E-state index >= 15 is 0 Å². The van der Waals surface area contributed by atoms with Crippen molar-refractivity contribution in [2.24, 2.45) is 0 Å². The molecule has 2 aromatic heterocycles. The second-order valence-electron chi connectivity index (χ2n) is 3.04. The maximum absolute atomic E-state index is 5.86. The summed E-state index contributed by atoms with van der Waals surface area (Å²) in [5.74, 6) is 0.851. The lowest BCUT2D eigenvalue weighted by atomic mass is 10.4. The number of halogens is 1. The third-order valence-corrected chi connectivity index (χ3v) is 2.09. The van der Waals surface area contributed by atoms with Crippen molar-refractivity contribution in [1.29, 1.82) is 0 Å². The van der Waals surface area contributed by atoms with Crippen molar-refractivity contribution in [2.75, 3.05) is 0 Å². The number of hydrogen-bond acceptors (Lipinski definition) is 3. The molecule has 0 bridgehead atoms. The summed E-state index contributed by atoms with van der Waals surface area (Å²) in [5, 5.41) is 7.76. The first-order valence-corrected chi connectivity index (χ1v) is 4.76. The van der Waals surface area contributed by atoms with Crippen LogP contribution in [-0.4, -0.2) is 15.0 Å². The maximum atomic E-state index is 5.86. The van der Waals surface area contributed by atoms with Gasteiger partial charge >= 0.3 is 0 Å². The summed E-state index contributed by atoms with van der Waals surface area (Å²) in [5.41, 5.74) is 0.776. The van der Waals surface area contributed by atoms with Gasteiger partial charge in [0.1, 0.15) is 18.0 Å². The Bertz CT molecular complexity index is 394. The first-order valence-electron chi connectivity index (χ1n) is 4.32. The largest absolute Gasteiger partial charge is 0.467 e. The van der Waals surface area contributed by atoms with Gasteiger partial charge < -0.3 is 4.42 Å². The summed E-state index contributed by atoms with van der Waals surface area (Å²) < 4.78 is 6.89. The van der Waals surface area contributed by atoms with Gasteiger partial charge in [-0.2, -0.15) is 0 Å². The molecular formula is C9H10ClN3O. The topological polar surface area (TPSA) is 43.9 Å². The van der Waals surface area contributed by atoms with E-state index in [0.717, 1.165) is 11.5 Å². The van der Waals surface area contributed by atoms with E-state index in [0.29, 0.717) is 6.54 Å². The molecule has 0 saturated heterocycles. The van der Waals surface area contributed by atoms with Crippen LogP contribution >= 0.6 is 11.6 Å². The number of rotatable bonds is 3. The summed E-state index contributed by atoms with van der Waals surface area (Å²) in [7, 11) is 0. The fourth-order valence-electron chi connectivity index (χ4n) is 1.14. The molecule has 1 atom stereocenters. The molecule has 0 aliphatic carbocycles. The van der Waals surface area contributed by atoms with Gasteiger partial charge in [0.15, 0.2) is 0 Å². The first kappa shape index (κ1) is 9.27. The minimum absolute atomic E-state index is 0.111. The Balaban J connectivity index is 2.11. The molecule has 0 aliphatic rings. The molecule has 2 rings (SSSR count). The summed E-state index contributed by atoms with van der Waals surface area (Å²) in [6.07, 6.45) is 3.46. The third-order valence-electron chi connectivity index (χ3n) is 1.86. The van der Waals surface area contributed by atoms with Gasteiger partial charge in [-0.25, -0.2) is 4.68 Å². The minimum atomic E-state index is -0.111. The molecule has 0 radical (unpaired) electrons. The van der Waals surface area contributed by atoms with Crippen LogP contribution in [0.1, 0.15) is 23.8 Å². The van der Waals surface area contributed by atoms with Crippen LogP contribution in [-0.2, 0) is 6.54 Å². The van der Waals surface area contributed by atoms with Gasteiger partial charge in [-0.1, -0.05) is 5.21 Å². The number of aromatic nitrogens is 3. The molecule has 2 aromatic rings. The van der Waals surface area contributed by atoms with Gasteiger partial charge in [-0.05, 0) is 19.1 Å². The molecule has 14 heavy (non-hydrogen) atoms. The minimum Gasteiger partial charge on any atom is -0.467 e. The number of nitrogens with zero attached hydrogens (tertiary/aromatic N) is 3. The van der Waals surface area contributed by atoms with Crippen molar-refractivity contribution in [1.82, 2.24) is 15.0 Å². The van der Waals surface area contributed by atoms with Gasteiger partial charge in [0.05, 0.1) is 17.8 Å². The number of furan rings is 1. The number of hydrogen-bond donors (Lipinski definition) is 0. The number of alkyl halides is 1. The van der Waals surface area contributed by atoms with E-state index in [-0.39, 0.29) is 5.38 Å². The predicted octanol–water partition coefficient (Wildman–Crippen LogP) is 2.22. The van der Waals surface area contributed by atoms with Crippen molar-refractivity contribution in [3.05, 3.63) is 36.0 Å². The van der Waals surface area contributed by atoms with Crippen molar-refractivity contribution < 1.29 is 4.42 Å². The lowest BCUT2D eigenvalue weighted by Gasteiger charge is -1.95. The summed E-state index contributed by atoms with van der Waals surface area (Å²) >= 11 is 5.86. The maximum Gasteiger partial charge on any atom is 0.125 e. The summed E-state index contributed by atoms with van der Waals surface area (Å²) in [4.78, 5) is 0. The Morgan fingerprint density at radius 3 is 3.07 bits per heavy atom. The van der Waals surface area contributed by atoms with Crippen LogP contribution < -0.4 is 0 Å². The van der Waals surface area contributed by atoms with Gasteiger partial charge in [0.25, 0.3) is 0 Å². The molecule has 0 saturated carbocycles. The van der Waals surface area contributed by atoms with Crippen LogP contribution in [0.25, 0.3) is 0 Å². The van der Waals surface area contributed by atoms with E-state index in [1.807, 2.05) is 25.3 Å². The Labute approximate surface area is 86.5 Å². The van der Waals surface area contributed by atoms with Crippen LogP contribution in [0.3, 0.4) is 0 Å². The first-order chi connectivity index (χ1) is 6.75. The zero-order valence-electron chi connectivity index (χ0n) is 7.72. The highest BCUT2D eigenvalue weighted by Crippen LogP contribution is 2.15. The van der Waals surface area contributed by atoms with Crippen LogP contribution in [0.4, 0.5) is 0 Å². The summed E-state index contributed by atoms with van der Waals surface area (Å²) in [6.45, 7) is 2.45. The van der Waals surface area contributed by atoms with E-state index < -0.39 is 0 Å². The van der Waals surface area contributed by atoms with E-state index in [2.05, 4.69) is 10.3 Å². The third kappa shape index (κ3) is 1.96. The van der Waals surface area contributed by atoms with Crippen molar-refractivity contribution in [3.63, 3.8) is 0 Å². The van der Waals surface area contributed by atoms with Crippen molar-refractivity contribution >= 4 is 11.6 Å². The van der Waals surface area contributed by atoms with E-state index in [4.69, 9.17) is 16.0 Å². The molecule has 0 aromatic carbocycles. The predicted molar refractivity (Wildman–Crippen MR) is 52.1 cm³/mol. The average Bonchev–Trinajstić information content (AvgIpc) is 2.75. The smallest absolute Gasteiger partial charge is 0.125 e. The van der Waals surface area contributed by atoms with Crippen LogP contribution in [0.5, 0.6) is 0 Å². The lowest BCUT2D eigenvalue weighted by Crippen LogP contribution is -1.98. The molecule has 0 spiro atoms. The molecule has 2 heterocycles. The lowest BCUT2D eigenvalue weighted by molar-refractivity contribution is 0.475. The zero-order chi connectivity index (χ0) is 9.97. The molecule has 0 N–H and O–H groups in total. The standard InChI is InChI=1S/C9H10ClN3O/c1-7(10)9-6-13(12-11-9)5-8-3-2-4-14-8/h2-4,6-7H,5H2,1H3. The highest BCUT2D eigenvalue weighted by atomic mass is 35.5. The zero-order valence-corrected chi connectivity index (χ0v) is 8.48. The molecule has 0 aliphatic heterocycles. The quantitative estimate of drug-likeness (QED) is 0.732. The Morgan fingerprint density at radius 2 is 2.50 bits per heavy atom. The molecule has 0 fully saturated rings. The van der Waals surface area contributed by atoms with Crippen LogP contribution in [0.15, 0.2) is 29.0 Å². The Hall–Kier alpha value is -1.29. The van der Waals surface area contributed by atoms with Gasteiger partial charge in [0.2, 0.25) is 0 Å². The normalized spacial score (nSPS) is 13.0. The van der Waals surface area contributed by atoms with Crippen LogP contribution in [0.2, 0.25) is 0 Å². The molecule has 0 amide bonds. The molecule has 4 nitrogen and oxygen atoms in total. The van der Waals surface area contributed by atoms with Crippen molar-refractivity contribution in [2.45, 2.75) is 18.8 Å². The molecule has 74 valence electrons. The SMILES string of the molecule is CC(Cl)c1cn(Cc2ccco2)nn1. The Morgan fingerprint density at radius 1 is 1.64 bits per heavy atom. The Kier molecular flexibility index (Phi) is 2.54. The highest BCUT2D eigenvalue weighted by molar-refractivity contribution is 6.20. The van der Waals surface area contributed by atoms with E-state index in [1.165, 1.54) is 0 Å². The second-order valence-corrected chi connectivity index (χ2v) is 3.69. The van der Waals surface area contributed by atoms with Gasteiger partial charge in [0, 0.05) is 0 Å². The average molecular weight is 212 g/mol. The fraction of sp³-hybridized carbons (Fsp3) is 0.333. The molecule has 5 heteroatoms. The highest BCUT2D eigenvalue weighted by Gasteiger charge is 2.07. The van der Waals surface area contributed by atoms with E-state index in [1.54, 1.807) is 10.9 Å². The second kappa shape index (κ2) is 3.84. The van der Waals surface area contributed by atoms with E-state index in [9.17, 15) is 0 Å². The fourth-order valence-corrected chi connectivity index (χ4v) is 1.24. The van der Waals surface area contributed by atoms with Gasteiger partial charge in [-0.15, -0.1) is 16.7 Å². The molecule has 1 unspecified atom stereocenters. The summed E-state index contributed by atoms with van der Waals surface area (Å²) in [6, 6.07) is 3.74. The monoisotopic (exact) mass is 211 g/mol. The van der Waals surface area contributed by atoms with Gasteiger partial charge in [-0.3, -0.25) is 0 Å². The van der Waals surface area contributed by atoms with Crippen molar-refractivity contribution in [3.8, 4) is 0 Å². The molecular weight excluding hydrogens is 202 g/mol. The van der Waals surface area contributed by atoms with Crippen LogP contribution in [0, 0.1) is 0 Å².